The van der Waals surface area contributed by atoms with Gasteiger partial charge in [0.15, 0.2) is 5.11 Å². The number of hydrogen-bond acceptors (Lipinski definition) is 4. The van der Waals surface area contributed by atoms with Crippen molar-refractivity contribution in [2.45, 2.75) is 19.8 Å². The summed E-state index contributed by atoms with van der Waals surface area (Å²) in [6, 6.07) is 11.4. The summed E-state index contributed by atoms with van der Waals surface area (Å²) in [5.74, 6) is 0.0109. The lowest BCUT2D eigenvalue weighted by Gasteiger charge is -2.11. The fraction of sp³-hybridized carbons (Fsp3) is 0.176. The zero-order valence-electron chi connectivity index (χ0n) is 13.6. The number of rotatable bonds is 4. The molecule has 0 bridgehead atoms. The second-order valence-electron chi connectivity index (χ2n) is 5.61. The van der Waals surface area contributed by atoms with Gasteiger partial charge in [-0.1, -0.05) is 37.6 Å². The number of hydrogen-bond donors (Lipinski definition) is 2. The molecule has 0 aliphatic carbocycles. The van der Waals surface area contributed by atoms with Crippen molar-refractivity contribution < 1.29 is 9.72 Å². The van der Waals surface area contributed by atoms with E-state index in [1.165, 1.54) is 18.2 Å². The molecule has 2 N–H and O–H groups in total. The summed E-state index contributed by atoms with van der Waals surface area (Å²) in [5.41, 5.74) is 1.71. The predicted molar refractivity (Wildman–Crippen MR) is 102 cm³/mol. The molecule has 0 saturated carbocycles. The Labute approximate surface area is 155 Å². The van der Waals surface area contributed by atoms with E-state index in [1.54, 1.807) is 12.1 Å². The zero-order valence-corrected chi connectivity index (χ0v) is 15.1. The predicted octanol–water partition coefficient (Wildman–Crippen LogP) is 4.50. The minimum absolute atomic E-state index is 0.0238. The molecule has 6 nitrogen and oxygen atoms in total. The summed E-state index contributed by atoms with van der Waals surface area (Å²) < 4.78 is 0. The SMILES string of the molecule is CC(C)c1ccc(C(=O)NC(=S)Nc2ccc(Cl)c([N+](=O)[O-])c2)cc1. The number of carbonyl (C=O) groups is 1. The maximum absolute atomic E-state index is 12.2. The first-order valence-electron chi connectivity index (χ1n) is 7.44. The first-order valence-corrected chi connectivity index (χ1v) is 8.22. The van der Waals surface area contributed by atoms with E-state index in [0.717, 1.165) is 5.56 Å². The minimum Gasteiger partial charge on any atom is -0.332 e. The van der Waals surface area contributed by atoms with Crippen LogP contribution in [0.1, 0.15) is 35.7 Å². The van der Waals surface area contributed by atoms with Crippen LogP contribution in [0.4, 0.5) is 11.4 Å². The molecule has 2 aromatic rings. The third kappa shape index (κ3) is 4.98. The molecular formula is C17H16ClN3O3S. The normalized spacial score (nSPS) is 10.4. The number of anilines is 1. The Bertz CT molecular complexity index is 822. The average molecular weight is 378 g/mol. The van der Waals surface area contributed by atoms with Gasteiger partial charge in [0.1, 0.15) is 5.02 Å². The molecule has 0 aliphatic rings. The largest absolute Gasteiger partial charge is 0.332 e. The molecule has 0 saturated heterocycles. The summed E-state index contributed by atoms with van der Waals surface area (Å²) in [7, 11) is 0. The third-order valence-corrected chi connectivity index (χ3v) is 3.99. The molecule has 0 radical (unpaired) electrons. The molecule has 2 rings (SSSR count). The van der Waals surface area contributed by atoms with Gasteiger partial charge >= 0.3 is 0 Å². The third-order valence-electron chi connectivity index (χ3n) is 3.47. The quantitative estimate of drug-likeness (QED) is 0.465. The van der Waals surface area contributed by atoms with Crippen molar-refractivity contribution in [2.24, 2.45) is 0 Å². The van der Waals surface area contributed by atoms with E-state index >= 15 is 0 Å². The van der Waals surface area contributed by atoms with Gasteiger partial charge in [-0.25, -0.2) is 0 Å². The number of nitrogens with zero attached hydrogens (tertiary/aromatic N) is 1. The van der Waals surface area contributed by atoms with E-state index in [1.807, 2.05) is 12.1 Å². The van der Waals surface area contributed by atoms with Gasteiger partial charge in [0.05, 0.1) is 4.92 Å². The van der Waals surface area contributed by atoms with Gasteiger partial charge < -0.3 is 5.32 Å². The Kier molecular flexibility index (Phi) is 6.06. The van der Waals surface area contributed by atoms with E-state index in [9.17, 15) is 14.9 Å². The smallest absolute Gasteiger partial charge is 0.289 e. The van der Waals surface area contributed by atoms with Crippen LogP contribution in [0.25, 0.3) is 0 Å². The van der Waals surface area contributed by atoms with Crippen LogP contribution in [0.15, 0.2) is 42.5 Å². The Morgan fingerprint density at radius 3 is 2.40 bits per heavy atom. The van der Waals surface area contributed by atoms with Crippen molar-refractivity contribution in [3.63, 3.8) is 0 Å². The minimum atomic E-state index is -0.592. The van der Waals surface area contributed by atoms with Crippen LogP contribution in [-0.4, -0.2) is 15.9 Å². The Balaban J connectivity index is 2.03. The van der Waals surface area contributed by atoms with Crippen molar-refractivity contribution in [1.82, 2.24) is 5.32 Å². The number of nitro benzene ring substituents is 1. The molecule has 1 amide bonds. The lowest BCUT2D eigenvalue weighted by molar-refractivity contribution is -0.384. The zero-order chi connectivity index (χ0) is 18.6. The second-order valence-corrected chi connectivity index (χ2v) is 6.42. The van der Waals surface area contributed by atoms with E-state index in [2.05, 4.69) is 24.5 Å². The molecule has 0 unspecified atom stereocenters. The van der Waals surface area contributed by atoms with Crippen molar-refractivity contribution in [3.05, 3.63) is 68.7 Å². The first-order chi connectivity index (χ1) is 11.8. The van der Waals surface area contributed by atoms with Crippen LogP contribution in [0.5, 0.6) is 0 Å². The number of carbonyl (C=O) groups excluding carboxylic acids is 1. The van der Waals surface area contributed by atoms with Crippen LogP contribution in [0, 0.1) is 10.1 Å². The van der Waals surface area contributed by atoms with E-state index in [4.69, 9.17) is 23.8 Å². The van der Waals surface area contributed by atoms with Gasteiger partial charge in [0.2, 0.25) is 0 Å². The Hall–Kier alpha value is -2.51. The van der Waals surface area contributed by atoms with Gasteiger partial charge in [0, 0.05) is 17.3 Å². The van der Waals surface area contributed by atoms with Crippen molar-refractivity contribution in [3.8, 4) is 0 Å². The number of nitrogens with one attached hydrogen (secondary N) is 2. The molecule has 0 fully saturated rings. The van der Waals surface area contributed by atoms with Crippen LogP contribution >= 0.6 is 23.8 Å². The maximum atomic E-state index is 12.2. The van der Waals surface area contributed by atoms with Gasteiger partial charge in [-0.05, 0) is 48.0 Å². The summed E-state index contributed by atoms with van der Waals surface area (Å²) >= 11 is 10.8. The molecule has 0 aromatic heterocycles. The fourth-order valence-corrected chi connectivity index (χ4v) is 2.48. The highest BCUT2D eigenvalue weighted by atomic mass is 35.5. The van der Waals surface area contributed by atoms with Crippen LogP contribution in [0.3, 0.4) is 0 Å². The molecule has 8 heteroatoms. The molecule has 0 aliphatic heterocycles. The highest BCUT2D eigenvalue weighted by molar-refractivity contribution is 7.80. The molecule has 0 heterocycles. The Morgan fingerprint density at radius 2 is 1.84 bits per heavy atom. The van der Waals surface area contributed by atoms with Crippen LogP contribution in [-0.2, 0) is 0 Å². The topological polar surface area (TPSA) is 84.3 Å². The van der Waals surface area contributed by atoms with Crippen molar-refractivity contribution in [1.29, 1.82) is 0 Å². The first kappa shape index (κ1) is 18.8. The van der Waals surface area contributed by atoms with E-state index < -0.39 is 4.92 Å². The van der Waals surface area contributed by atoms with Crippen LogP contribution < -0.4 is 10.6 Å². The van der Waals surface area contributed by atoms with Crippen molar-refractivity contribution >= 4 is 46.2 Å². The van der Waals surface area contributed by atoms with Crippen molar-refractivity contribution in [2.75, 3.05) is 5.32 Å². The lowest BCUT2D eigenvalue weighted by atomic mass is 10.0. The summed E-state index contributed by atoms with van der Waals surface area (Å²) in [5, 5.41) is 16.2. The maximum Gasteiger partial charge on any atom is 0.289 e. The number of thiocarbonyl (C=S) groups is 1. The van der Waals surface area contributed by atoms with Crippen LogP contribution in [0.2, 0.25) is 5.02 Å². The summed E-state index contributed by atoms with van der Waals surface area (Å²) in [6.45, 7) is 4.14. The molecule has 130 valence electrons. The lowest BCUT2D eigenvalue weighted by Crippen LogP contribution is -2.34. The van der Waals surface area contributed by atoms with E-state index in [-0.39, 0.29) is 21.7 Å². The molecule has 25 heavy (non-hydrogen) atoms. The number of benzene rings is 2. The molecule has 0 spiro atoms. The molecule has 0 atom stereocenters. The summed E-state index contributed by atoms with van der Waals surface area (Å²) in [6.07, 6.45) is 0. The monoisotopic (exact) mass is 377 g/mol. The average Bonchev–Trinajstić information content (AvgIpc) is 2.56. The number of nitro groups is 1. The number of amides is 1. The molecule has 2 aromatic carbocycles. The second kappa shape index (κ2) is 8.04. The summed E-state index contributed by atoms with van der Waals surface area (Å²) in [4.78, 5) is 22.5. The van der Waals surface area contributed by atoms with Gasteiger partial charge in [-0.3, -0.25) is 20.2 Å². The highest BCUT2D eigenvalue weighted by Gasteiger charge is 2.14. The van der Waals surface area contributed by atoms with E-state index in [0.29, 0.717) is 17.2 Å². The van der Waals surface area contributed by atoms with Gasteiger partial charge in [0.25, 0.3) is 11.6 Å². The van der Waals surface area contributed by atoms with Gasteiger partial charge in [-0.2, -0.15) is 0 Å². The standard InChI is InChI=1S/C17H16ClN3O3S/c1-10(2)11-3-5-12(6-4-11)16(22)20-17(25)19-13-7-8-14(18)15(9-13)21(23)24/h3-10H,1-2H3,(H2,19,20,22,25). The fourth-order valence-electron chi connectivity index (χ4n) is 2.09. The van der Waals surface area contributed by atoms with Gasteiger partial charge in [-0.15, -0.1) is 0 Å². The Morgan fingerprint density at radius 1 is 1.20 bits per heavy atom. The highest BCUT2D eigenvalue weighted by Crippen LogP contribution is 2.27. The molecular weight excluding hydrogens is 362 g/mol. The number of halogens is 1.